The first-order valence-corrected chi connectivity index (χ1v) is 3.09. The minimum Gasteiger partial charge on any atom is -0.422 e. The number of hydrogen-bond donors (Lipinski definition) is 1. The maximum absolute atomic E-state index is 12.5. The Morgan fingerprint density at radius 3 is 1.75 bits per heavy atom. The molecule has 0 bridgehead atoms. The summed E-state index contributed by atoms with van der Waals surface area (Å²) in [4.78, 5) is 0. The maximum atomic E-state index is 12.5. The van der Waals surface area contributed by atoms with E-state index in [-0.39, 0.29) is 6.07 Å². The van der Waals surface area contributed by atoms with Crippen molar-refractivity contribution in [2.24, 2.45) is 0 Å². The minimum absolute atomic E-state index is 0.0843. The summed E-state index contributed by atoms with van der Waals surface area (Å²) in [6.07, 6.45) is 0. The third-order valence-electron chi connectivity index (χ3n) is 1.16. The molecule has 0 amide bonds. The second-order valence-electron chi connectivity index (χ2n) is 1.89. The second kappa shape index (κ2) is 3.22. The van der Waals surface area contributed by atoms with Crippen molar-refractivity contribution in [2.45, 2.75) is 0 Å². The van der Waals surface area contributed by atoms with Gasteiger partial charge in [0, 0.05) is 19.0 Å². The monoisotopic (exact) mass is 198 g/mol. The molecule has 1 aromatic rings. The van der Waals surface area contributed by atoms with Gasteiger partial charge in [-0.05, 0) is 0 Å². The predicted octanol–water partition coefficient (Wildman–Crippen LogP) is 2.47. The highest BCUT2D eigenvalue weighted by molar-refractivity contribution is 7.75. The zero-order chi connectivity index (χ0) is 9.30. The van der Waals surface area contributed by atoms with E-state index in [0.29, 0.717) is 0 Å². The highest BCUT2D eigenvalue weighted by Gasteiger charge is 2.19. The molecule has 0 saturated heterocycles. The number of rotatable bonds is 1. The zero-order valence-corrected chi connectivity index (χ0v) is 6.34. The van der Waals surface area contributed by atoms with E-state index in [1.807, 2.05) is 0 Å². The van der Waals surface area contributed by atoms with Crippen LogP contribution < -0.4 is 4.18 Å². The molecular formula is C6H2F4OS. The van der Waals surface area contributed by atoms with E-state index in [2.05, 4.69) is 17.1 Å². The molecule has 0 heterocycles. The summed E-state index contributed by atoms with van der Waals surface area (Å²) in [7, 11) is 0. The predicted molar refractivity (Wildman–Crippen MR) is 35.9 cm³/mol. The van der Waals surface area contributed by atoms with Crippen molar-refractivity contribution in [3.8, 4) is 5.75 Å². The van der Waals surface area contributed by atoms with Crippen molar-refractivity contribution in [1.29, 1.82) is 0 Å². The molecule has 0 saturated carbocycles. The van der Waals surface area contributed by atoms with Crippen molar-refractivity contribution in [3.63, 3.8) is 0 Å². The number of halogens is 4. The van der Waals surface area contributed by atoms with E-state index in [1.54, 1.807) is 0 Å². The van der Waals surface area contributed by atoms with Gasteiger partial charge >= 0.3 is 0 Å². The average molecular weight is 198 g/mol. The molecule has 0 N–H and O–H groups in total. The Morgan fingerprint density at radius 2 is 1.42 bits per heavy atom. The van der Waals surface area contributed by atoms with Crippen LogP contribution in [0.25, 0.3) is 0 Å². The summed E-state index contributed by atoms with van der Waals surface area (Å²) in [5, 5.41) is 0. The van der Waals surface area contributed by atoms with Gasteiger partial charge in [0.25, 0.3) is 0 Å². The fourth-order valence-corrected chi connectivity index (χ4v) is 0.792. The van der Waals surface area contributed by atoms with Gasteiger partial charge in [-0.25, -0.2) is 8.78 Å². The Kier molecular flexibility index (Phi) is 2.46. The lowest BCUT2D eigenvalue weighted by molar-refractivity contribution is 0.411. The summed E-state index contributed by atoms with van der Waals surface area (Å²) in [6, 6.07) is 0.0843. The lowest BCUT2D eigenvalue weighted by atomic mass is 10.3. The molecule has 0 aliphatic rings. The smallest absolute Gasteiger partial charge is 0.214 e. The van der Waals surface area contributed by atoms with E-state index in [4.69, 9.17) is 0 Å². The van der Waals surface area contributed by atoms with Crippen LogP contribution in [0.1, 0.15) is 0 Å². The molecule has 1 aromatic carbocycles. The summed E-state index contributed by atoms with van der Waals surface area (Å²) in [6.45, 7) is 0. The van der Waals surface area contributed by atoms with Crippen molar-refractivity contribution in [1.82, 2.24) is 0 Å². The van der Waals surface area contributed by atoms with Crippen molar-refractivity contribution < 1.29 is 21.7 Å². The van der Waals surface area contributed by atoms with Crippen molar-refractivity contribution in [2.75, 3.05) is 0 Å². The van der Waals surface area contributed by atoms with E-state index in [0.717, 1.165) is 0 Å². The van der Waals surface area contributed by atoms with Crippen LogP contribution in [-0.4, -0.2) is 0 Å². The first-order valence-electron chi connectivity index (χ1n) is 2.72. The molecule has 1 rings (SSSR count). The maximum Gasteiger partial charge on any atom is 0.214 e. The molecule has 0 aliphatic carbocycles. The van der Waals surface area contributed by atoms with Gasteiger partial charge in [0.05, 0.1) is 0 Å². The van der Waals surface area contributed by atoms with Gasteiger partial charge < -0.3 is 4.18 Å². The first kappa shape index (κ1) is 9.18. The molecule has 0 aromatic heterocycles. The van der Waals surface area contributed by atoms with Gasteiger partial charge in [0.15, 0.2) is 11.6 Å². The van der Waals surface area contributed by atoms with Crippen LogP contribution in [0.5, 0.6) is 5.75 Å². The molecule has 66 valence electrons. The van der Waals surface area contributed by atoms with Gasteiger partial charge in [-0.3, -0.25) is 0 Å². The van der Waals surface area contributed by atoms with E-state index in [1.165, 1.54) is 0 Å². The topological polar surface area (TPSA) is 9.23 Å². The molecule has 6 heteroatoms. The molecule has 0 unspecified atom stereocenters. The number of hydrogen-bond acceptors (Lipinski definition) is 2. The minimum atomic E-state index is -1.61. The highest BCUT2D eigenvalue weighted by Crippen LogP contribution is 2.26. The molecule has 1 nitrogen and oxygen atoms in total. The third-order valence-corrected chi connectivity index (χ3v) is 1.35. The summed E-state index contributed by atoms with van der Waals surface area (Å²) < 4.78 is 53.4. The molecular weight excluding hydrogens is 196 g/mol. The molecule has 0 fully saturated rings. The van der Waals surface area contributed by atoms with Gasteiger partial charge in [-0.15, -0.1) is 0 Å². The lowest BCUT2D eigenvalue weighted by Crippen LogP contribution is -1.96. The molecule has 12 heavy (non-hydrogen) atoms. The van der Waals surface area contributed by atoms with Crippen LogP contribution in [0.4, 0.5) is 17.6 Å². The summed E-state index contributed by atoms with van der Waals surface area (Å²) in [5.74, 6) is -7.46. The van der Waals surface area contributed by atoms with Gasteiger partial charge in [0.1, 0.15) is 0 Å². The standard InChI is InChI=1S/C6H2F4OS/c7-2-1-3(8)5(10)6(11-12)4(2)9/h1,12H. The average Bonchev–Trinajstić information content (AvgIpc) is 2.02. The fraction of sp³-hybridized carbons (Fsp3) is 0. The van der Waals surface area contributed by atoms with E-state index >= 15 is 0 Å². The Labute approximate surface area is 70.6 Å². The van der Waals surface area contributed by atoms with Crippen LogP contribution in [0, 0.1) is 23.3 Å². The van der Waals surface area contributed by atoms with Crippen LogP contribution in [0.15, 0.2) is 6.07 Å². The Balaban J connectivity index is 3.42. The van der Waals surface area contributed by atoms with Gasteiger partial charge in [-0.1, -0.05) is 0 Å². The van der Waals surface area contributed by atoms with Gasteiger partial charge in [-0.2, -0.15) is 8.78 Å². The Morgan fingerprint density at radius 1 is 1.00 bits per heavy atom. The lowest BCUT2D eigenvalue weighted by Gasteiger charge is -2.02. The summed E-state index contributed by atoms with van der Waals surface area (Å²) in [5.41, 5.74) is 0. The number of benzene rings is 1. The molecule has 0 aliphatic heterocycles. The fourth-order valence-electron chi connectivity index (χ4n) is 0.631. The third kappa shape index (κ3) is 1.34. The normalized spacial score (nSPS) is 10.1. The quantitative estimate of drug-likeness (QED) is 0.315. The zero-order valence-electron chi connectivity index (χ0n) is 5.44. The largest absolute Gasteiger partial charge is 0.422 e. The first-order chi connectivity index (χ1) is 5.57. The van der Waals surface area contributed by atoms with E-state index in [9.17, 15) is 17.6 Å². The highest BCUT2D eigenvalue weighted by atomic mass is 32.1. The van der Waals surface area contributed by atoms with Crippen molar-refractivity contribution >= 4 is 12.9 Å². The summed E-state index contributed by atoms with van der Waals surface area (Å²) >= 11 is 3.03. The SMILES string of the molecule is Fc1cc(F)c(F)c(OS)c1F. The van der Waals surface area contributed by atoms with Crippen LogP contribution >= 0.6 is 12.9 Å². The molecule has 0 atom stereocenters. The van der Waals surface area contributed by atoms with Crippen molar-refractivity contribution in [3.05, 3.63) is 29.3 Å². The van der Waals surface area contributed by atoms with E-state index < -0.39 is 29.0 Å². The molecule has 0 spiro atoms. The number of thiol groups is 1. The van der Waals surface area contributed by atoms with Gasteiger partial charge in [0.2, 0.25) is 17.4 Å². The second-order valence-corrected chi connectivity index (χ2v) is 2.07. The Bertz CT molecular complexity index is 289. The Hall–Kier alpha value is -0.910. The van der Waals surface area contributed by atoms with Crippen LogP contribution in [0.2, 0.25) is 0 Å². The van der Waals surface area contributed by atoms with Crippen LogP contribution in [0.3, 0.4) is 0 Å². The van der Waals surface area contributed by atoms with Crippen LogP contribution in [-0.2, 0) is 0 Å². The molecule has 0 radical (unpaired) electrons.